The summed E-state index contributed by atoms with van der Waals surface area (Å²) in [5, 5.41) is 7.45. The fourth-order valence-electron chi connectivity index (χ4n) is 7.81. The van der Waals surface area contributed by atoms with Gasteiger partial charge in [-0.1, -0.05) is 140 Å². The summed E-state index contributed by atoms with van der Waals surface area (Å²) in [6.45, 7) is 4.02. The van der Waals surface area contributed by atoms with E-state index >= 15 is 0 Å². The zero-order valence-electron chi connectivity index (χ0n) is 31.0. The van der Waals surface area contributed by atoms with Gasteiger partial charge in [-0.2, -0.15) is 0 Å². The Bertz CT molecular complexity index is 2990. The summed E-state index contributed by atoms with van der Waals surface area (Å²) in [6, 6.07) is 61.6. The molecule has 0 saturated carbocycles. The molecule has 5 nitrogen and oxygen atoms in total. The summed E-state index contributed by atoms with van der Waals surface area (Å²) in [4.78, 5) is 24.8. The minimum absolute atomic E-state index is 0.604. The summed E-state index contributed by atoms with van der Waals surface area (Å²) in [5.74, 6) is 2.57. The molecule has 0 aliphatic heterocycles. The van der Waals surface area contributed by atoms with Crippen LogP contribution in [0, 0.1) is 13.8 Å². The summed E-state index contributed by atoms with van der Waals surface area (Å²) < 4.78 is 0. The van der Waals surface area contributed by atoms with Gasteiger partial charge in [0.05, 0.1) is 0 Å². The number of benzene rings is 8. The average molecular weight is 718 g/mol. The van der Waals surface area contributed by atoms with E-state index in [1.54, 1.807) is 0 Å². The van der Waals surface area contributed by atoms with Crippen LogP contribution in [-0.4, -0.2) is 24.9 Å². The molecule has 0 fully saturated rings. The van der Waals surface area contributed by atoms with Crippen LogP contribution in [0.4, 0.5) is 0 Å². The SMILES string of the molecule is Cc1cc(C)nc(-c2cccc(-c3cc(-c4ccc5c6ccccc6c6ccccc6c5c4)cc(-c4nc(-c5ccccc5)nc(-c5ccccc5)n4)c3)c2)n1. The quantitative estimate of drug-likeness (QED) is 0.160. The number of aromatic nitrogens is 5. The standard InChI is InChI=1S/C51H35N5/c1-32-26-33(2)53-50(52-32)38-19-13-18-36(27-38)39-28-40(37-24-25-46-44-22-10-9-20-42(44)43-21-11-12-23-45(43)47(46)31-37)30-41(29-39)51-55-48(34-14-5-3-6-15-34)54-49(56-51)35-16-7-4-8-17-35/h3-31H,1-2H3. The first-order valence-electron chi connectivity index (χ1n) is 18.8. The largest absolute Gasteiger partial charge is 0.233 e. The van der Waals surface area contributed by atoms with E-state index in [9.17, 15) is 0 Å². The second-order valence-corrected chi connectivity index (χ2v) is 14.2. The molecular weight excluding hydrogens is 683 g/mol. The lowest BCUT2D eigenvalue weighted by atomic mass is 9.90. The molecule has 0 aliphatic rings. The zero-order valence-corrected chi connectivity index (χ0v) is 31.0. The molecule has 2 heterocycles. The van der Waals surface area contributed by atoms with Crippen molar-refractivity contribution in [3.63, 3.8) is 0 Å². The highest BCUT2D eigenvalue weighted by Gasteiger charge is 2.17. The van der Waals surface area contributed by atoms with Crippen molar-refractivity contribution in [3.05, 3.63) is 187 Å². The van der Waals surface area contributed by atoms with Gasteiger partial charge in [0.2, 0.25) is 0 Å². The maximum absolute atomic E-state index is 5.14. The Hall–Kier alpha value is -7.37. The van der Waals surface area contributed by atoms with E-state index in [-0.39, 0.29) is 0 Å². The van der Waals surface area contributed by atoms with Crippen LogP contribution in [0.15, 0.2) is 176 Å². The van der Waals surface area contributed by atoms with E-state index in [1.165, 1.54) is 32.3 Å². The molecule has 8 aromatic carbocycles. The maximum Gasteiger partial charge on any atom is 0.164 e. The van der Waals surface area contributed by atoms with E-state index < -0.39 is 0 Å². The van der Waals surface area contributed by atoms with Crippen LogP contribution in [-0.2, 0) is 0 Å². The van der Waals surface area contributed by atoms with Gasteiger partial charge in [0.25, 0.3) is 0 Å². The molecule has 0 amide bonds. The molecule has 0 spiro atoms. The van der Waals surface area contributed by atoms with Crippen molar-refractivity contribution in [1.82, 2.24) is 24.9 Å². The fraction of sp³-hybridized carbons (Fsp3) is 0.0392. The minimum atomic E-state index is 0.604. The predicted octanol–water partition coefficient (Wildman–Crippen LogP) is 12.7. The zero-order chi connectivity index (χ0) is 37.6. The first-order chi connectivity index (χ1) is 27.5. The molecule has 10 rings (SSSR count). The van der Waals surface area contributed by atoms with Gasteiger partial charge < -0.3 is 0 Å². The number of rotatable bonds is 6. The van der Waals surface area contributed by atoms with E-state index in [4.69, 9.17) is 24.9 Å². The molecule has 10 aromatic rings. The first-order valence-corrected chi connectivity index (χ1v) is 18.8. The van der Waals surface area contributed by atoms with Gasteiger partial charge >= 0.3 is 0 Å². The lowest BCUT2D eigenvalue weighted by Gasteiger charge is -2.15. The van der Waals surface area contributed by atoms with E-state index in [0.717, 1.165) is 55.9 Å². The van der Waals surface area contributed by atoms with Crippen molar-refractivity contribution >= 4 is 32.3 Å². The van der Waals surface area contributed by atoms with Crippen molar-refractivity contribution in [2.45, 2.75) is 13.8 Å². The molecule has 0 atom stereocenters. The molecule has 0 unspecified atom stereocenters. The summed E-state index contributed by atoms with van der Waals surface area (Å²) in [5.41, 5.74) is 9.85. The van der Waals surface area contributed by atoms with Crippen LogP contribution in [0.5, 0.6) is 0 Å². The summed E-state index contributed by atoms with van der Waals surface area (Å²) >= 11 is 0. The van der Waals surface area contributed by atoms with E-state index in [0.29, 0.717) is 23.3 Å². The van der Waals surface area contributed by atoms with Gasteiger partial charge in [0.15, 0.2) is 23.3 Å². The second-order valence-electron chi connectivity index (χ2n) is 14.2. The summed E-state index contributed by atoms with van der Waals surface area (Å²) in [6.07, 6.45) is 0. The van der Waals surface area contributed by atoms with Gasteiger partial charge in [0, 0.05) is 33.6 Å². The smallest absolute Gasteiger partial charge is 0.164 e. The van der Waals surface area contributed by atoms with Crippen LogP contribution in [0.2, 0.25) is 0 Å². The topological polar surface area (TPSA) is 64.5 Å². The molecule has 264 valence electrons. The molecule has 0 radical (unpaired) electrons. The average Bonchev–Trinajstić information content (AvgIpc) is 3.26. The molecule has 5 heteroatoms. The lowest BCUT2D eigenvalue weighted by Crippen LogP contribution is -2.00. The van der Waals surface area contributed by atoms with Crippen molar-refractivity contribution in [2.24, 2.45) is 0 Å². The van der Waals surface area contributed by atoms with Crippen LogP contribution in [0.3, 0.4) is 0 Å². The molecule has 56 heavy (non-hydrogen) atoms. The highest BCUT2D eigenvalue weighted by Crippen LogP contribution is 2.39. The number of aryl methyl sites for hydroxylation is 2. The highest BCUT2D eigenvalue weighted by molar-refractivity contribution is 6.25. The third-order valence-electron chi connectivity index (χ3n) is 10.4. The number of hydrogen-bond donors (Lipinski definition) is 0. The Morgan fingerprint density at radius 3 is 1.16 bits per heavy atom. The van der Waals surface area contributed by atoms with Gasteiger partial charge in [-0.25, -0.2) is 24.9 Å². The Kier molecular flexibility index (Phi) is 8.19. The molecule has 0 N–H and O–H groups in total. The van der Waals surface area contributed by atoms with Crippen LogP contribution in [0.25, 0.3) is 100 Å². The molecule has 0 saturated heterocycles. The number of hydrogen-bond acceptors (Lipinski definition) is 5. The normalized spacial score (nSPS) is 11.4. The van der Waals surface area contributed by atoms with Gasteiger partial charge in [-0.3, -0.25) is 0 Å². The minimum Gasteiger partial charge on any atom is -0.233 e. The predicted molar refractivity (Wildman–Crippen MR) is 230 cm³/mol. The number of nitrogens with zero attached hydrogens (tertiary/aromatic N) is 5. The molecular formula is C51H35N5. The van der Waals surface area contributed by atoms with Gasteiger partial charge in [0.1, 0.15) is 0 Å². The van der Waals surface area contributed by atoms with Crippen molar-refractivity contribution in [1.29, 1.82) is 0 Å². The fourth-order valence-corrected chi connectivity index (χ4v) is 7.81. The van der Waals surface area contributed by atoms with Crippen LogP contribution in [0.1, 0.15) is 11.4 Å². The third-order valence-corrected chi connectivity index (χ3v) is 10.4. The van der Waals surface area contributed by atoms with E-state index in [2.05, 4.69) is 109 Å². The monoisotopic (exact) mass is 717 g/mol. The van der Waals surface area contributed by atoms with Crippen molar-refractivity contribution in [3.8, 4) is 67.8 Å². The van der Waals surface area contributed by atoms with Gasteiger partial charge in [-0.05, 0) is 105 Å². The molecule has 0 aliphatic carbocycles. The van der Waals surface area contributed by atoms with Crippen LogP contribution >= 0.6 is 0 Å². The third kappa shape index (κ3) is 6.15. The number of fused-ring (bicyclic) bond motifs is 6. The highest BCUT2D eigenvalue weighted by atomic mass is 15.0. The van der Waals surface area contributed by atoms with Crippen LogP contribution < -0.4 is 0 Å². The Morgan fingerprint density at radius 1 is 0.232 bits per heavy atom. The lowest BCUT2D eigenvalue weighted by molar-refractivity contribution is 1.06. The second kappa shape index (κ2) is 13.8. The Labute approximate surface area is 325 Å². The van der Waals surface area contributed by atoms with Gasteiger partial charge in [-0.15, -0.1) is 0 Å². The maximum atomic E-state index is 5.14. The van der Waals surface area contributed by atoms with E-state index in [1.807, 2.05) is 80.6 Å². The van der Waals surface area contributed by atoms with Crippen molar-refractivity contribution in [2.75, 3.05) is 0 Å². The molecule has 0 bridgehead atoms. The molecule has 2 aromatic heterocycles. The Balaban J connectivity index is 1.21. The Morgan fingerprint density at radius 2 is 0.607 bits per heavy atom. The first kappa shape index (κ1) is 33.2. The van der Waals surface area contributed by atoms with Crippen molar-refractivity contribution < 1.29 is 0 Å². The summed E-state index contributed by atoms with van der Waals surface area (Å²) in [7, 11) is 0.